The second kappa shape index (κ2) is 16.9. The van der Waals surface area contributed by atoms with E-state index >= 15 is 0 Å². The maximum absolute atomic E-state index is 13.7. The Morgan fingerprint density at radius 1 is 0.780 bits per heavy atom. The lowest BCUT2D eigenvalue weighted by atomic mass is 9.80. The monoisotopic (exact) mass is 563 g/mol. The number of rotatable bonds is 18. The second-order valence-electron chi connectivity index (χ2n) is 11.7. The molecule has 7 nitrogen and oxygen atoms in total. The van der Waals surface area contributed by atoms with Gasteiger partial charge in [-0.1, -0.05) is 74.5 Å². The van der Waals surface area contributed by atoms with Gasteiger partial charge >= 0.3 is 5.97 Å². The number of aliphatic carboxylic acids is 1. The molecule has 0 bridgehead atoms. The van der Waals surface area contributed by atoms with Crippen molar-refractivity contribution in [3.8, 4) is 0 Å². The Balaban J connectivity index is 1.70. The van der Waals surface area contributed by atoms with Gasteiger partial charge in [0.25, 0.3) is 0 Å². The third-order valence-electron chi connectivity index (χ3n) is 7.84. The van der Waals surface area contributed by atoms with Crippen molar-refractivity contribution in [2.45, 2.75) is 58.8 Å². The number of carboxylic acids is 1. The number of carboxylic acid groups (broad SMARTS) is 1. The standard InChI is InChI=1S/C34H45NO6/c1-25(2)19-29(33(38)23-30(34(39)40)20-27-11-7-4-8-12-27)22-32(37)28(14-13-26-9-5-3-6-10-26)21-31(36)24-35-15-17-41-18-16-35/h3-12,25,28-30H,13-24H2,1-2H3,(H,39,40)/t28-,29-,30-/m1/s1. The molecule has 3 atom stereocenters. The van der Waals surface area contributed by atoms with Crippen LogP contribution in [0.3, 0.4) is 0 Å². The van der Waals surface area contributed by atoms with E-state index in [1.54, 1.807) is 0 Å². The van der Waals surface area contributed by atoms with E-state index in [4.69, 9.17) is 4.74 Å². The zero-order valence-electron chi connectivity index (χ0n) is 24.5. The Labute approximate surface area is 244 Å². The van der Waals surface area contributed by atoms with Crippen LogP contribution in [0, 0.1) is 23.7 Å². The van der Waals surface area contributed by atoms with E-state index in [-0.39, 0.29) is 49.0 Å². The number of aryl methyl sites for hydroxylation is 1. The molecule has 222 valence electrons. The van der Waals surface area contributed by atoms with Crippen LogP contribution in [0.1, 0.15) is 57.1 Å². The maximum atomic E-state index is 13.7. The molecule has 41 heavy (non-hydrogen) atoms. The molecule has 1 heterocycles. The Morgan fingerprint density at radius 3 is 1.93 bits per heavy atom. The zero-order valence-corrected chi connectivity index (χ0v) is 24.5. The molecule has 2 aromatic carbocycles. The van der Waals surface area contributed by atoms with Gasteiger partial charge in [-0.25, -0.2) is 0 Å². The van der Waals surface area contributed by atoms with Crippen LogP contribution in [0.4, 0.5) is 0 Å². The Kier molecular flexibility index (Phi) is 13.4. The van der Waals surface area contributed by atoms with E-state index in [1.807, 2.05) is 74.5 Å². The molecule has 0 amide bonds. The van der Waals surface area contributed by atoms with Gasteiger partial charge in [-0.15, -0.1) is 0 Å². The van der Waals surface area contributed by atoms with Gasteiger partial charge in [0, 0.05) is 44.2 Å². The molecular weight excluding hydrogens is 518 g/mol. The predicted molar refractivity (Wildman–Crippen MR) is 159 cm³/mol. The molecule has 3 rings (SSSR count). The highest BCUT2D eigenvalue weighted by molar-refractivity contribution is 5.93. The summed E-state index contributed by atoms with van der Waals surface area (Å²) in [6, 6.07) is 19.2. The lowest BCUT2D eigenvalue weighted by Crippen LogP contribution is -2.40. The van der Waals surface area contributed by atoms with Crippen molar-refractivity contribution in [1.29, 1.82) is 0 Å². The number of nitrogens with zero attached hydrogens (tertiary/aromatic N) is 1. The van der Waals surface area contributed by atoms with Crippen LogP contribution >= 0.6 is 0 Å². The minimum atomic E-state index is -1.01. The first-order valence-electron chi connectivity index (χ1n) is 14.9. The second-order valence-corrected chi connectivity index (χ2v) is 11.7. The first-order valence-corrected chi connectivity index (χ1v) is 14.9. The number of morpholine rings is 1. The molecule has 7 heteroatoms. The van der Waals surface area contributed by atoms with Gasteiger partial charge < -0.3 is 9.84 Å². The summed E-state index contributed by atoms with van der Waals surface area (Å²) in [5.74, 6) is -2.97. The van der Waals surface area contributed by atoms with Gasteiger partial charge in [0.15, 0.2) is 0 Å². The average Bonchev–Trinajstić information content (AvgIpc) is 2.95. The van der Waals surface area contributed by atoms with Gasteiger partial charge in [0.2, 0.25) is 0 Å². The minimum absolute atomic E-state index is 0.0267. The zero-order chi connectivity index (χ0) is 29.6. The number of carbonyl (C=O) groups is 4. The van der Waals surface area contributed by atoms with Crippen molar-refractivity contribution < 1.29 is 29.0 Å². The summed E-state index contributed by atoms with van der Waals surface area (Å²) in [6.45, 7) is 6.91. The van der Waals surface area contributed by atoms with Crippen LogP contribution in [0.2, 0.25) is 0 Å². The number of carbonyl (C=O) groups excluding carboxylic acids is 3. The first kappa shape index (κ1) is 32.4. The highest BCUT2D eigenvalue weighted by atomic mass is 16.5. The molecule has 0 spiro atoms. The molecule has 0 aromatic heterocycles. The fourth-order valence-electron chi connectivity index (χ4n) is 5.57. The number of hydrogen-bond acceptors (Lipinski definition) is 6. The van der Waals surface area contributed by atoms with Gasteiger partial charge in [-0.2, -0.15) is 0 Å². The van der Waals surface area contributed by atoms with Crippen molar-refractivity contribution >= 4 is 23.3 Å². The maximum Gasteiger partial charge on any atom is 0.307 e. The summed E-state index contributed by atoms with van der Waals surface area (Å²) in [5, 5.41) is 9.86. The van der Waals surface area contributed by atoms with Gasteiger partial charge in [0.05, 0.1) is 25.7 Å². The largest absolute Gasteiger partial charge is 0.481 e. The van der Waals surface area contributed by atoms with E-state index in [1.165, 1.54) is 0 Å². The van der Waals surface area contributed by atoms with E-state index in [9.17, 15) is 24.3 Å². The highest BCUT2D eigenvalue weighted by Gasteiger charge is 2.31. The van der Waals surface area contributed by atoms with Crippen molar-refractivity contribution in [1.82, 2.24) is 4.90 Å². The number of hydrogen-bond donors (Lipinski definition) is 1. The van der Waals surface area contributed by atoms with Crippen LogP contribution in [-0.4, -0.2) is 66.2 Å². The molecule has 1 saturated heterocycles. The SMILES string of the molecule is CC(C)C[C@H](CC(=O)[C@H](CCc1ccccc1)CC(=O)CN1CCOCC1)C(=O)C[C@@H](Cc1ccccc1)C(=O)O. The Bertz CT molecular complexity index is 1110. The summed E-state index contributed by atoms with van der Waals surface area (Å²) in [6.07, 6.45) is 2.06. The average molecular weight is 564 g/mol. The van der Waals surface area contributed by atoms with Gasteiger partial charge in [-0.05, 0) is 42.7 Å². The summed E-state index contributed by atoms with van der Waals surface area (Å²) in [4.78, 5) is 54.4. The topological polar surface area (TPSA) is 101 Å². The summed E-state index contributed by atoms with van der Waals surface area (Å²) in [5.41, 5.74) is 1.97. The molecular formula is C34H45NO6. The van der Waals surface area contributed by atoms with Gasteiger partial charge in [-0.3, -0.25) is 24.1 Å². The molecule has 1 N–H and O–H groups in total. The lowest BCUT2D eigenvalue weighted by Gasteiger charge is -2.27. The van der Waals surface area contributed by atoms with Crippen LogP contribution in [-0.2, 0) is 36.8 Å². The molecule has 0 unspecified atom stereocenters. The van der Waals surface area contributed by atoms with Crippen molar-refractivity contribution in [2.75, 3.05) is 32.8 Å². The van der Waals surface area contributed by atoms with E-state index in [0.717, 1.165) is 11.1 Å². The highest BCUT2D eigenvalue weighted by Crippen LogP contribution is 2.26. The Hall–Kier alpha value is -3.16. The molecule has 0 radical (unpaired) electrons. The van der Waals surface area contributed by atoms with Crippen molar-refractivity contribution in [2.24, 2.45) is 23.7 Å². The number of Topliss-reactive ketones (excluding diaryl/α,β-unsaturated/α-hetero) is 3. The Morgan fingerprint density at radius 2 is 1.34 bits per heavy atom. The number of benzene rings is 2. The molecule has 2 aromatic rings. The van der Waals surface area contributed by atoms with E-state index in [0.29, 0.717) is 52.1 Å². The lowest BCUT2D eigenvalue weighted by molar-refractivity contribution is -0.144. The van der Waals surface area contributed by atoms with E-state index in [2.05, 4.69) is 4.90 Å². The third kappa shape index (κ3) is 11.7. The number of ketones is 3. The molecule has 1 fully saturated rings. The predicted octanol–water partition coefficient (Wildman–Crippen LogP) is 5.05. The molecule has 0 saturated carbocycles. The third-order valence-corrected chi connectivity index (χ3v) is 7.84. The van der Waals surface area contributed by atoms with Gasteiger partial charge in [0.1, 0.15) is 17.3 Å². The molecule has 0 aliphatic carbocycles. The smallest absolute Gasteiger partial charge is 0.307 e. The van der Waals surface area contributed by atoms with Crippen LogP contribution in [0.25, 0.3) is 0 Å². The molecule has 1 aliphatic rings. The minimum Gasteiger partial charge on any atom is -0.481 e. The summed E-state index contributed by atoms with van der Waals surface area (Å²) in [7, 11) is 0. The normalized spacial score (nSPS) is 16.2. The molecule has 1 aliphatic heterocycles. The number of ether oxygens (including phenoxy) is 1. The van der Waals surface area contributed by atoms with Crippen LogP contribution in [0.15, 0.2) is 60.7 Å². The van der Waals surface area contributed by atoms with Crippen LogP contribution < -0.4 is 0 Å². The quantitative estimate of drug-likeness (QED) is 0.271. The van der Waals surface area contributed by atoms with Crippen LogP contribution in [0.5, 0.6) is 0 Å². The van der Waals surface area contributed by atoms with Crippen molar-refractivity contribution in [3.63, 3.8) is 0 Å². The summed E-state index contributed by atoms with van der Waals surface area (Å²) < 4.78 is 5.39. The van der Waals surface area contributed by atoms with E-state index < -0.39 is 23.7 Å². The fraction of sp³-hybridized carbons (Fsp3) is 0.529. The summed E-state index contributed by atoms with van der Waals surface area (Å²) >= 11 is 0. The fourth-order valence-corrected chi connectivity index (χ4v) is 5.57. The first-order chi connectivity index (χ1) is 19.7. The van der Waals surface area contributed by atoms with Crippen molar-refractivity contribution in [3.05, 3.63) is 71.8 Å².